The highest BCUT2D eigenvalue weighted by molar-refractivity contribution is 7.91. The zero-order valence-electron chi connectivity index (χ0n) is 15.9. The Labute approximate surface area is 173 Å². The first-order valence-corrected chi connectivity index (χ1v) is 11.2. The van der Waals surface area contributed by atoms with Crippen LogP contribution in [-0.2, 0) is 14.6 Å². The number of anilines is 1. The molecule has 2 aromatic carbocycles. The van der Waals surface area contributed by atoms with Gasteiger partial charge < -0.3 is 14.8 Å². The lowest BCUT2D eigenvalue weighted by molar-refractivity contribution is -0.115. The van der Waals surface area contributed by atoms with Crippen molar-refractivity contribution in [1.82, 2.24) is 4.98 Å². The monoisotopic (exact) mass is 432 g/mol. The van der Waals surface area contributed by atoms with Gasteiger partial charge in [0.1, 0.15) is 11.5 Å². The molecule has 1 N–H and O–H groups in total. The summed E-state index contributed by atoms with van der Waals surface area (Å²) in [6, 6.07) is 13.5. The van der Waals surface area contributed by atoms with Gasteiger partial charge in [-0.2, -0.15) is 0 Å². The Morgan fingerprint density at radius 1 is 1.00 bits per heavy atom. The summed E-state index contributed by atoms with van der Waals surface area (Å²) in [5.41, 5.74) is 1.61. The summed E-state index contributed by atoms with van der Waals surface area (Å²) < 4.78 is 34.9. The molecule has 0 atom stereocenters. The van der Waals surface area contributed by atoms with Crippen LogP contribution in [0.4, 0.5) is 5.13 Å². The molecule has 0 saturated heterocycles. The van der Waals surface area contributed by atoms with Crippen LogP contribution in [0.5, 0.6) is 11.5 Å². The highest BCUT2D eigenvalue weighted by Crippen LogP contribution is 2.26. The van der Waals surface area contributed by atoms with E-state index in [1.54, 1.807) is 19.2 Å². The van der Waals surface area contributed by atoms with Crippen molar-refractivity contribution in [3.8, 4) is 22.8 Å². The zero-order chi connectivity index (χ0) is 20.9. The van der Waals surface area contributed by atoms with Gasteiger partial charge in [0.05, 0.1) is 30.6 Å². The van der Waals surface area contributed by atoms with Gasteiger partial charge in [-0.15, -0.1) is 11.3 Å². The van der Waals surface area contributed by atoms with Crippen LogP contribution in [0.2, 0.25) is 0 Å². The van der Waals surface area contributed by atoms with E-state index in [-0.39, 0.29) is 17.1 Å². The van der Waals surface area contributed by atoms with Crippen LogP contribution >= 0.6 is 11.3 Å². The van der Waals surface area contributed by atoms with Gasteiger partial charge in [-0.05, 0) is 48.5 Å². The zero-order valence-corrected chi connectivity index (χ0v) is 17.5. The third-order valence-corrected chi connectivity index (χ3v) is 6.64. The predicted octanol–water partition coefficient (Wildman–Crippen LogP) is 3.63. The number of hydrogen-bond donors (Lipinski definition) is 1. The summed E-state index contributed by atoms with van der Waals surface area (Å²) in [6.45, 7) is 0. The number of carbonyl (C=O) groups excluding carboxylic acids is 1. The summed E-state index contributed by atoms with van der Waals surface area (Å²) in [6.07, 6.45) is -0.161. The van der Waals surface area contributed by atoms with Gasteiger partial charge in [0.25, 0.3) is 0 Å². The minimum absolute atomic E-state index is 0.155. The van der Waals surface area contributed by atoms with Crippen LogP contribution in [0.25, 0.3) is 11.3 Å². The molecule has 0 aliphatic carbocycles. The largest absolute Gasteiger partial charge is 0.497 e. The van der Waals surface area contributed by atoms with Crippen molar-refractivity contribution in [1.29, 1.82) is 0 Å². The van der Waals surface area contributed by atoms with E-state index in [1.165, 1.54) is 30.6 Å². The summed E-state index contributed by atoms with van der Waals surface area (Å²) >= 11 is 1.28. The van der Waals surface area contributed by atoms with Crippen LogP contribution in [0.15, 0.2) is 58.8 Å². The molecule has 29 heavy (non-hydrogen) atoms. The first kappa shape index (κ1) is 20.8. The summed E-state index contributed by atoms with van der Waals surface area (Å²) in [5.74, 6) is 0.619. The van der Waals surface area contributed by atoms with E-state index < -0.39 is 15.7 Å². The maximum Gasteiger partial charge on any atom is 0.227 e. The Morgan fingerprint density at radius 3 is 2.17 bits per heavy atom. The van der Waals surface area contributed by atoms with E-state index in [0.717, 1.165) is 17.0 Å². The highest BCUT2D eigenvalue weighted by Gasteiger charge is 2.17. The van der Waals surface area contributed by atoms with E-state index in [1.807, 2.05) is 29.6 Å². The van der Waals surface area contributed by atoms with Crippen LogP contribution in [0, 0.1) is 0 Å². The van der Waals surface area contributed by atoms with Gasteiger partial charge >= 0.3 is 0 Å². The average Bonchev–Trinajstić information content (AvgIpc) is 3.21. The van der Waals surface area contributed by atoms with Crippen molar-refractivity contribution in [3.63, 3.8) is 0 Å². The maximum atomic E-state index is 12.4. The Hall–Kier alpha value is -2.91. The first-order chi connectivity index (χ1) is 13.9. The highest BCUT2D eigenvalue weighted by atomic mass is 32.2. The Bertz CT molecular complexity index is 1070. The third-order valence-electron chi connectivity index (χ3n) is 4.15. The molecule has 0 unspecified atom stereocenters. The van der Waals surface area contributed by atoms with Crippen LogP contribution in [-0.4, -0.2) is 39.3 Å². The molecule has 1 aromatic heterocycles. The molecule has 0 aliphatic rings. The number of hydrogen-bond acceptors (Lipinski definition) is 7. The fourth-order valence-electron chi connectivity index (χ4n) is 2.54. The van der Waals surface area contributed by atoms with Crippen molar-refractivity contribution in [2.45, 2.75) is 11.3 Å². The van der Waals surface area contributed by atoms with Gasteiger partial charge in [-0.25, -0.2) is 13.4 Å². The van der Waals surface area contributed by atoms with Crippen molar-refractivity contribution < 1.29 is 22.7 Å². The number of amides is 1. The molecule has 0 spiro atoms. The van der Waals surface area contributed by atoms with E-state index >= 15 is 0 Å². The minimum Gasteiger partial charge on any atom is -0.497 e. The fraction of sp³-hybridized carbons (Fsp3) is 0.200. The van der Waals surface area contributed by atoms with Crippen molar-refractivity contribution >= 4 is 32.2 Å². The number of rotatable bonds is 8. The Balaban J connectivity index is 1.58. The van der Waals surface area contributed by atoms with Crippen molar-refractivity contribution in [2.75, 3.05) is 25.3 Å². The van der Waals surface area contributed by atoms with Gasteiger partial charge in [-0.3, -0.25) is 4.79 Å². The van der Waals surface area contributed by atoms with Crippen molar-refractivity contribution in [2.24, 2.45) is 0 Å². The number of nitrogens with zero attached hydrogens (tertiary/aromatic N) is 1. The normalized spacial score (nSPS) is 11.1. The third kappa shape index (κ3) is 5.33. The van der Waals surface area contributed by atoms with Gasteiger partial charge in [-0.1, -0.05) is 0 Å². The number of aromatic nitrogens is 1. The number of ether oxygens (including phenoxy) is 2. The maximum absolute atomic E-state index is 12.4. The summed E-state index contributed by atoms with van der Waals surface area (Å²) in [5, 5.41) is 4.90. The summed E-state index contributed by atoms with van der Waals surface area (Å²) in [4.78, 5) is 16.7. The van der Waals surface area contributed by atoms with Crippen molar-refractivity contribution in [3.05, 3.63) is 53.9 Å². The molecule has 1 heterocycles. The van der Waals surface area contributed by atoms with Crippen LogP contribution < -0.4 is 14.8 Å². The standard InChI is InChI=1S/C20H20N2O5S2/c1-26-15-5-3-14(4-6-15)18-13-28-20(21-18)22-19(23)11-12-29(24,25)17-9-7-16(27-2)8-10-17/h3-10,13H,11-12H2,1-2H3,(H,21,22,23). The second-order valence-electron chi connectivity index (χ2n) is 6.06. The lowest BCUT2D eigenvalue weighted by atomic mass is 10.2. The second kappa shape index (κ2) is 9.06. The molecule has 9 heteroatoms. The van der Waals surface area contributed by atoms with Gasteiger partial charge in [0.15, 0.2) is 15.0 Å². The molecule has 0 bridgehead atoms. The van der Waals surface area contributed by atoms with E-state index in [4.69, 9.17) is 9.47 Å². The molecular formula is C20H20N2O5S2. The molecular weight excluding hydrogens is 412 g/mol. The predicted molar refractivity (Wildman–Crippen MR) is 112 cm³/mol. The molecule has 0 fully saturated rings. The van der Waals surface area contributed by atoms with Gasteiger partial charge in [0.2, 0.25) is 5.91 Å². The molecule has 0 saturated carbocycles. The second-order valence-corrected chi connectivity index (χ2v) is 9.03. The number of carbonyl (C=O) groups is 1. The molecule has 1 amide bonds. The van der Waals surface area contributed by atoms with E-state index in [2.05, 4.69) is 10.3 Å². The molecule has 152 valence electrons. The molecule has 3 rings (SSSR count). The van der Waals surface area contributed by atoms with Crippen LogP contribution in [0.3, 0.4) is 0 Å². The van der Waals surface area contributed by atoms with Crippen LogP contribution in [0.1, 0.15) is 6.42 Å². The molecule has 3 aromatic rings. The number of methoxy groups -OCH3 is 2. The van der Waals surface area contributed by atoms with Gasteiger partial charge in [0, 0.05) is 17.4 Å². The quantitative estimate of drug-likeness (QED) is 0.584. The van der Waals surface area contributed by atoms with E-state index in [0.29, 0.717) is 10.9 Å². The molecule has 0 aliphatic heterocycles. The Kier molecular flexibility index (Phi) is 6.50. The molecule has 7 nitrogen and oxygen atoms in total. The Morgan fingerprint density at radius 2 is 1.59 bits per heavy atom. The number of thiazole rings is 1. The summed E-state index contributed by atoms with van der Waals surface area (Å²) in [7, 11) is -0.458. The SMILES string of the molecule is COc1ccc(-c2csc(NC(=O)CCS(=O)(=O)c3ccc(OC)cc3)n2)cc1. The molecule has 0 radical (unpaired) electrons. The number of nitrogens with one attached hydrogen (secondary N) is 1. The lowest BCUT2D eigenvalue weighted by Gasteiger charge is -2.06. The first-order valence-electron chi connectivity index (χ1n) is 8.68. The number of sulfone groups is 1. The fourth-order valence-corrected chi connectivity index (χ4v) is 4.51. The minimum atomic E-state index is -3.56. The average molecular weight is 433 g/mol. The topological polar surface area (TPSA) is 94.6 Å². The number of benzene rings is 2. The lowest BCUT2D eigenvalue weighted by Crippen LogP contribution is -2.17. The smallest absolute Gasteiger partial charge is 0.227 e. The van der Waals surface area contributed by atoms with E-state index in [9.17, 15) is 13.2 Å².